The fraction of sp³-hybridized carbons (Fsp3) is 0.0294. The zero-order valence-electron chi connectivity index (χ0n) is 41.3. The molecule has 0 bridgehead atoms. The predicted molar refractivity (Wildman–Crippen MR) is 315 cm³/mol. The average molecular weight is 955 g/mol. The molecule has 2 aromatic heterocycles. The Labute approximate surface area is 434 Å². The number of nitrogens with zero attached hydrogens (tertiary/aromatic N) is 4. The Morgan fingerprint density at radius 2 is 1.01 bits per heavy atom. The Bertz CT molecular complexity index is 4570. The molecule has 7 heteroatoms. The van der Waals surface area contributed by atoms with Crippen LogP contribution in [0.2, 0.25) is 0 Å². The molecule has 4 aliphatic heterocycles. The number of benzene rings is 11. The first-order valence-electron chi connectivity index (χ1n) is 26.2. The second-order valence-electron chi connectivity index (χ2n) is 20.8. The third kappa shape index (κ3) is 5.39. The van der Waals surface area contributed by atoms with Gasteiger partial charge in [0.15, 0.2) is 0 Å². The number of hydrogen-bond acceptors (Lipinski definition) is 3. The van der Waals surface area contributed by atoms with Gasteiger partial charge in [-0.1, -0.05) is 158 Å². The first-order valence-corrected chi connectivity index (χ1v) is 26.2. The van der Waals surface area contributed by atoms with Crippen molar-refractivity contribution in [1.29, 1.82) is 0 Å². The summed E-state index contributed by atoms with van der Waals surface area (Å²) in [6.07, 6.45) is 0. The van der Waals surface area contributed by atoms with Crippen molar-refractivity contribution in [2.24, 2.45) is 0 Å². The quantitative estimate of drug-likeness (QED) is 0.161. The van der Waals surface area contributed by atoms with E-state index in [0.29, 0.717) is 0 Å². The maximum absolute atomic E-state index is 7.70. The lowest BCUT2D eigenvalue weighted by Crippen LogP contribution is -2.64. The highest BCUT2D eigenvalue weighted by Crippen LogP contribution is 2.52. The zero-order valence-corrected chi connectivity index (χ0v) is 41.3. The van der Waals surface area contributed by atoms with Crippen molar-refractivity contribution in [2.45, 2.75) is 13.8 Å². The highest BCUT2D eigenvalue weighted by molar-refractivity contribution is 7.02. The van der Waals surface area contributed by atoms with Crippen molar-refractivity contribution in [1.82, 2.24) is 9.13 Å². The first-order chi connectivity index (χ1) is 37.1. The largest absolute Gasteiger partial charge is 0.458 e. The number of anilines is 6. The van der Waals surface area contributed by atoms with E-state index in [-0.39, 0.29) is 13.4 Å². The van der Waals surface area contributed by atoms with Crippen LogP contribution < -0.4 is 47.3 Å². The maximum Gasteiger partial charge on any atom is 0.256 e. The van der Waals surface area contributed by atoms with Gasteiger partial charge >= 0.3 is 0 Å². The third-order valence-electron chi connectivity index (χ3n) is 16.9. The normalized spacial score (nSPS) is 13.2. The third-order valence-corrected chi connectivity index (χ3v) is 16.9. The monoisotopic (exact) mass is 954 g/mol. The number of hydrogen-bond donors (Lipinski definition) is 0. The smallest absolute Gasteiger partial charge is 0.256 e. The van der Waals surface area contributed by atoms with E-state index < -0.39 is 0 Å². The van der Waals surface area contributed by atoms with Crippen molar-refractivity contribution >= 4 is 124 Å². The van der Waals surface area contributed by atoms with E-state index in [4.69, 9.17) is 4.74 Å². The van der Waals surface area contributed by atoms with Gasteiger partial charge in [0.2, 0.25) is 0 Å². The Hall–Kier alpha value is -9.45. The molecule has 11 aromatic carbocycles. The Balaban J connectivity index is 1.02. The summed E-state index contributed by atoms with van der Waals surface area (Å²) in [6, 6.07) is 85.4. The lowest BCUT2D eigenvalue weighted by molar-refractivity contribution is 0.484. The van der Waals surface area contributed by atoms with Gasteiger partial charge in [-0.05, 0) is 136 Å². The van der Waals surface area contributed by atoms with Crippen LogP contribution in [0.1, 0.15) is 11.1 Å². The van der Waals surface area contributed by atoms with Gasteiger partial charge in [0.1, 0.15) is 11.5 Å². The van der Waals surface area contributed by atoms with Crippen molar-refractivity contribution in [3.8, 4) is 34.0 Å². The van der Waals surface area contributed by atoms with Gasteiger partial charge in [-0.2, -0.15) is 0 Å². The summed E-state index contributed by atoms with van der Waals surface area (Å²) < 4.78 is 12.8. The molecule has 6 heterocycles. The topological polar surface area (TPSA) is 25.6 Å². The van der Waals surface area contributed by atoms with Gasteiger partial charge in [-0.15, -0.1) is 0 Å². The van der Waals surface area contributed by atoms with Crippen LogP contribution in [0.15, 0.2) is 231 Å². The maximum atomic E-state index is 7.70. The fourth-order valence-electron chi connectivity index (χ4n) is 14.0. The van der Waals surface area contributed by atoms with E-state index >= 15 is 0 Å². The van der Waals surface area contributed by atoms with E-state index in [1.165, 1.54) is 104 Å². The molecule has 0 fully saturated rings. The minimum atomic E-state index is -0.0974. The van der Waals surface area contributed by atoms with E-state index in [2.05, 4.69) is 263 Å². The second-order valence-corrected chi connectivity index (χ2v) is 20.8. The van der Waals surface area contributed by atoms with Gasteiger partial charge in [0.05, 0.1) is 27.8 Å². The number of rotatable bonds is 5. The summed E-state index contributed by atoms with van der Waals surface area (Å²) in [5.41, 5.74) is 26.4. The molecule has 0 atom stereocenters. The summed E-state index contributed by atoms with van der Waals surface area (Å²) in [4.78, 5) is 5.03. The van der Waals surface area contributed by atoms with E-state index in [0.717, 1.165) is 51.2 Å². The van der Waals surface area contributed by atoms with E-state index in [9.17, 15) is 0 Å². The Morgan fingerprint density at radius 1 is 0.440 bits per heavy atom. The molecular formula is C68H44B2N4O. The molecule has 0 saturated heterocycles. The zero-order chi connectivity index (χ0) is 49.2. The van der Waals surface area contributed by atoms with Crippen LogP contribution in [-0.4, -0.2) is 22.6 Å². The lowest BCUT2D eigenvalue weighted by atomic mass is 9.30. The number of fused-ring (bicyclic) bond motifs is 16. The van der Waals surface area contributed by atoms with Crippen LogP contribution >= 0.6 is 0 Å². The van der Waals surface area contributed by atoms with Gasteiger partial charge < -0.3 is 23.7 Å². The van der Waals surface area contributed by atoms with Crippen LogP contribution in [0.4, 0.5) is 34.1 Å². The molecule has 13 aromatic rings. The molecule has 5 nitrogen and oxygen atoms in total. The van der Waals surface area contributed by atoms with Gasteiger partial charge in [0.25, 0.3) is 13.4 Å². The second kappa shape index (κ2) is 15.1. The molecule has 75 heavy (non-hydrogen) atoms. The van der Waals surface area contributed by atoms with Crippen LogP contribution in [0.5, 0.6) is 11.5 Å². The molecule has 0 saturated carbocycles. The van der Waals surface area contributed by atoms with Gasteiger partial charge in [-0.25, -0.2) is 0 Å². The van der Waals surface area contributed by atoms with Crippen LogP contribution in [0, 0.1) is 13.8 Å². The Kier molecular flexibility index (Phi) is 8.25. The molecule has 0 amide bonds. The minimum absolute atomic E-state index is 0.0861. The van der Waals surface area contributed by atoms with Crippen LogP contribution in [0.3, 0.4) is 0 Å². The standard InChI is InChI=1S/C68H44B2N4O/c1-41-35-36-51-57(37-41)74-54-32-18-15-29-47(54)61-49(43-21-7-3-8-22-43)38-60-64(66(61)74)70(51)53-39-52-65(42(2)68(53)75-60)72(46-27-13-6-14-28-46)59-40-58(71(44-23-9-4-10-24-44)45-25-11-5-12-26-45)62-48-30-16-19-33-55(48)73-56-34-20-17-31-50(56)69(52)63(59)67(62)73/h3-40H,1-2H3. The lowest BCUT2D eigenvalue weighted by Gasteiger charge is -2.43. The molecule has 0 unspecified atom stereocenters. The molecule has 0 spiro atoms. The van der Waals surface area contributed by atoms with Crippen molar-refractivity contribution in [3.63, 3.8) is 0 Å². The molecule has 0 radical (unpaired) electrons. The summed E-state index contributed by atoms with van der Waals surface area (Å²) in [5, 5.41) is 4.98. The highest BCUT2D eigenvalue weighted by Gasteiger charge is 2.48. The van der Waals surface area contributed by atoms with Crippen molar-refractivity contribution < 1.29 is 4.74 Å². The summed E-state index contributed by atoms with van der Waals surface area (Å²) in [5.74, 6) is 1.84. The number of aromatic nitrogens is 2. The van der Waals surface area contributed by atoms with Crippen molar-refractivity contribution in [2.75, 3.05) is 9.80 Å². The molecule has 17 rings (SSSR count). The van der Waals surface area contributed by atoms with Gasteiger partial charge in [-0.3, -0.25) is 0 Å². The van der Waals surface area contributed by atoms with Crippen LogP contribution in [-0.2, 0) is 0 Å². The first kappa shape index (κ1) is 41.1. The minimum Gasteiger partial charge on any atom is -0.458 e. The predicted octanol–water partition coefficient (Wildman–Crippen LogP) is 13.2. The number of aryl methyl sites for hydroxylation is 1. The highest BCUT2D eigenvalue weighted by atomic mass is 16.5. The number of ether oxygens (including phenoxy) is 1. The molecule has 348 valence electrons. The Morgan fingerprint density at radius 3 is 1.73 bits per heavy atom. The van der Waals surface area contributed by atoms with E-state index in [1.54, 1.807) is 0 Å². The molecular weight excluding hydrogens is 910 g/mol. The summed E-state index contributed by atoms with van der Waals surface area (Å²) >= 11 is 0. The van der Waals surface area contributed by atoms with Gasteiger partial charge in [0, 0.05) is 66.9 Å². The summed E-state index contributed by atoms with van der Waals surface area (Å²) in [7, 11) is 0. The number of para-hydroxylation sites is 6. The molecule has 0 aliphatic carbocycles. The molecule has 0 N–H and O–H groups in total. The van der Waals surface area contributed by atoms with Crippen molar-refractivity contribution in [3.05, 3.63) is 242 Å². The summed E-state index contributed by atoms with van der Waals surface area (Å²) in [6.45, 7) is 4.36. The SMILES string of the molecule is Cc1ccc2c(c1)-n1c3ccccc3c3c(-c4ccccc4)cc4c(c31)B2c1cc2c(c(C)c1O4)N(c1ccccc1)c1cc(N(c3ccccc3)c3ccccc3)c3c4ccccc4n4c3c1B2c1ccccc1-4. The fourth-order valence-corrected chi connectivity index (χ4v) is 14.0. The van der Waals surface area contributed by atoms with Crippen LogP contribution in [0.25, 0.3) is 66.1 Å². The average Bonchev–Trinajstić information content (AvgIpc) is 4.03. The van der Waals surface area contributed by atoms with E-state index in [1.807, 2.05) is 0 Å². The molecule has 4 aliphatic rings.